The van der Waals surface area contributed by atoms with Crippen LogP contribution in [0.4, 0.5) is 0 Å². The molecular weight excluding hydrogens is 234 g/mol. The molecule has 0 radical (unpaired) electrons. The van der Waals surface area contributed by atoms with Gasteiger partial charge in [-0.1, -0.05) is 0 Å². The van der Waals surface area contributed by atoms with E-state index in [1.165, 1.54) is 0 Å². The van der Waals surface area contributed by atoms with Crippen molar-refractivity contribution in [3.63, 3.8) is 0 Å². The van der Waals surface area contributed by atoms with Crippen molar-refractivity contribution in [3.05, 3.63) is 45.9 Å². The number of aliphatic carboxylic acids is 1. The summed E-state index contributed by atoms with van der Waals surface area (Å²) in [5.41, 5.74) is 3.26. The number of aromatic nitrogens is 1. The Morgan fingerprint density at radius 3 is 2.47 bits per heavy atom. The van der Waals surface area contributed by atoms with E-state index >= 15 is 0 Å². The number of rotatable bonds is 4. The minimum Gasteiger partial charge on any atom is -0.481 e. The van der Waals surface area contributed by atoms with Crippen LogP contribution in [0.2, 0.25) is 0 Å². The maximum Gasteiger partial charge on any atom is 0.305 e. The van der Waals surface area contributed by atoms with Crippen LogP contribution < -0.4 is 0 Å². The second-order valence-corrected chi connectivity index (χ2v) is 4.94. The molecule has 2 aromatic rings. The van der Waals surface area contributed by atoms with Crippen molar-refractivity contribution in [2.24, 2.45) is 0 Å². The third kappa shape index (κ3) is 2.42. The van der Waals surface area contributed by atoms with Crippen molar-refractivity contribution in [1.29, 1.82) is 0 Å². The van der Waals surface area contributed by atoms with E-state index in [1.54, 1.807) is 11.3 Å². The molecule has 0 bridgehead atoms. The van der Waals surface area contributed by atoms with Gasteiger partial charge in [0.25, 0.3) is 0 Å². The van der Waals surface area contributed by atoms with E-state index in [4.69, 9.17) is 5.11 Å². The Morgan fingerprint density at radius 1 is 1.35 bits per heavy atom. The summed E-state index contributed by atoms with van der Waals surface area (Å²) in [5, 5.41) is 13.1. The quantitative estimate of drug-likeness (QED) is 0.904. The first-order valence-electron chi connectivity index (χ1n) is 5.48. The number of carbonyl (C=O) groups is 1. The van der Waals surface area contributed by atoms with Gasteiger partial charge >= 0.3 is 5.97 Å². The molecule has 0 saturated carbocycles. The molecule has 0 fully saturated rings. The van der Waals surface area contributed by atoms with Gasteiger partial charge in [0.1, 0.15) is 0 Å². The Labute approximate surface area is 104 Å². The van der Waals surface area contributed by atoms with Gasteiger partial charge in [-0.05, 0) is 48.4 Å². The number of nitrogens with zero attached hydrogens (tertiary/aromatic N) is 1. The van der Waals surface area contributed by atoms with Crippen molar-refractivity contribution in [3.8, 4) is 0 Å². The van der Waals surface area contributed by atoms with Crippen molar-refractivity contribution in [2.45, 2.75) is 26.3 Å². The monoisotopic (exact) mass is 249 g/mol. The van der Waals surface area contributed by atoms with Gasteiger partial charge in [-0.25, -0.2) is 0 Å². The van der Waals surface area contributed by atoms with Crippen molar-refractivity contribution >= 4 is 17.3 Å². The number of carboxylic acids is 1. The normalized spacial score (nSPS) is 12.6. The van der Waals surface area contributed by atoms with Crippen LogP contribution in [-0.2, 0) is 4.79 Å². The van der Waals surface area contributed by atoms with Crippen LogP contribution in [0.1, 0.15) is 29.4 Å². The summed E-state index contributed by atoms with van der Waals surface area (Å²) in [7, 11) is 0. The summed E-state index contributed by atoms with van der Waals surface area (Å²) < 4.78 is 2.09. The summed E-state index contributed by atoms with van der Waals surface area (Å²) in [6.07, 6.45) is 0.118. The summed E-state index contributed by atoms with van der Waals surface area (Å²) in [6, 6.07) is 5.94. The van der Waals surface area contributed by atoms with Crippen LogP contribution in [0.5, 0.6) is 0 Å². The van der Waals surface area contributed by atoms with E-state index < -0.39 is 5.97 Å². The number of aryl methyl sites for hydroxylation is 2. The van der Waals surface area contributed by atoms with E-state index in [0.717, 1.165) is 17.0 Å². The average molecular weight is 249 g/mol. The highest BCUT2D eigenvalue weighted by Crippen LogP contribution is 2.27. The first kappa shape index (κ1) is 11.9. The largest absolute Gasteiger partial charge is 0.481 e. The molecule has 0 aliphatic carbocycles. The highest BCUT2D eigenvalue weighted by Gasteiger charge is 2.20. The fraction of sp³-hybridized carbons (Fsp3) is 0.308. The molecule has 4 heteroatoms. The zero-order valence-corrected chi connectivity index (χ0v) is 10.7. The van der Waals surface area contributed by atoms with E-state index in [2.05, 4.69) is 4.57 Å². The summed E-state index contributed by atoms with van der Waals surface area (Å²) in [5.74, 6) is -0.770. The van der Waals surface area contributed by atoms with Gasteiger partial charge in [-0.15, -0.1) is 0 Å². The smallest absolute Gasteiger partial charge is 0.305 e. The fourth-order valence-corrected chi connectivity index (χ4v) is 2.87. The predicted molar refractivity (Wildman–Crippen MR) is 68.6 cm³/mol. The molecule has 2 aromatic heterocycles. The summed E-state index contributed by atoms with van der Waals surface area (Å²) in [6.45, 7) is 4.02. The lowest BCUT2D eigenvalue weighted by Crippen LogP contribution is -2.16. The molecule has 0 aromatic carbocycles. The van der Waals surface area contributed by atoms with Crippen molar-refractivity contribution < 1.29 is 9.90 Å². The Hall–Kier alpha value is -1.55. The molecule has 17 heavy (non-hydrogen) atoms. The Balaban J connectivity index is 2.44. The Kier molecular flexibility index (Phi) is 3.33. The zero-order chi connectivity index (χ0) is 12.4. The highest BCUT2D eigenvalue weighted by molar-refractivity contribution is 7.07. The number of thiophene rings is 1. The molecule has 1 N–H and O–H groups in total. The van der Waals surface area contributed by atoms with Crippen LogP contribution in [0.3, 0.4) is 0 Å². The maximum atomic E-state index is 11.0. The highest BCUT2D eigenvalue weighted by atomic mass is 32.1. The molecule has 0 saturated heterocycles. The standard InChI is InChI=1S/C13H15NO2S/c1-9-3-4-10(2)14(9)12(7-13(15)16)11-5-6-17-8-11/h3-6,8,12H,7H2,1-2H3,(H,15,16)/t12-/m1/s1. The van der Waals surface area contributed by atoms with Gasteiger partial charge in [0, 0.05) is 11.4 Å². The first-order valence-corrected chi connectivity index (χ1v) is 6.42. The number of carboxylic acid groups (broad SMARTS) is 1. The van der Waals surface area contributed by atoms with Gasteiger partial charge in [0.05, 0.1) is 12.5 Å². The molecule has 1 atom stereocenters. The summed E-state index contributed by atoms with van der Waals surface area (Å²) >= 11 is 1.60. The van der Waals surface area contributed by atoms with Gasteiger partial charge in [-0.2, -0.15) is 11.3 Å². The molecule has 2 heterocycles. The van der Waals surface area contributed by atoms with E-state index in [0.29, 0.717) is 0 Å². The molecular formula is C13H15NO2S. The third-order valence-corrected chi connectivity index (χ3v) is 3.63. The van der Waals surface area contributed by atoms with Gasteiger partial charge < -0.3 is 9.67 Å². The lowest BCUT2D eigenvalue weighted by atomic mass is 10.1. The minimum absolute atomic E-state index is 0.103. The Bertz CT molecular complexity index is 494. The van der Waals surface area contributed by atoms with Crippen LogP contribution in [0.15, 0.2) is 29.0 Å². The second-order valence-electron chi connectivity index (χ2n) is 4.16. The Morgan fingerprint density at radius 2 is 2.00 bits per heavy atom. The molecule has 2 rings (SSSR count). The number of hydrogen-bond donors (Lipinski definition) is 1. The molecule has 0 unspecified atom stereocenters. The summed E-state index contributed by atoms with van der Waals surface area (Å²) in [4.78, 5) is 11.0. The van der Waals surface area contributed by atoms with Crippen molar-refractivity contribution in [1.82, 2.24) is 4.57 Å². The van der Waals surface area contributed by atoms with Gasteiger partial charge in [-0.3, -0.25) is 4.79 Å². The first-order chi connectivity index (χ1) is 8.09. The predicted octanol–water partition coefficient (Wildman–Crippen LogP) is 3.23. The molecule has 3 nitrogen and oxygen atoms in total. The van der Waals surface area contributed by atoms with Crippen LogP contribution in [-0.4, -0.2) is 15.6 Å². The van der Waals surface area contributed by atoms with Crippen LogP contribution >= 0.6 is 11.3 Å². The number of hydrogen-bond acceptors (Lipinski definition) is 2. The van der Waals surface area contributed by atoms with Crippen LogP contribution in [0, 0.1) is 13.8 Å². The lowest BCUT2D eigenvalue weighted by molar-refractivity contribution is -0.137. The topological polar surface area (TPSA) is 42.2 Å². The minimum atomic E-state index is -0.770. The van der Waals surface area contributed by atoms with E-state index in [9.17, 15) is 4.79 Å². The molecule has 0 aliphatic heterocycles. The van der Waals surface area contributed by atoms with Crippen LogP contribution in [0.25, 0.3) is 0 Å². The molecule has 0 aliphatic rings. The van der Waals surface area contributed by atoms with E-state index in [1.807, 2.05) is 42.8 Å². The lowest BCUT2D eigenvalue weighted by Gasteiger charge is -2.20. The van der Waals surface area contributed by atoms with Gasteiger partial charge in [0.15, 0.2) is 0 Å². The molecule has 0 spiro atoms. The second kappa shape index (κ2) is 4.75. The maximum absolute atomic E-state index is 11.0. The van der Waals surface area contributed by atoms with E-state index in [-0.39, 0.29) is 12.5 Å². The molecule has 90 valence electrons. The third-order valence-electron chi connectivity index (χ3n) is 2.93. The fourth-order valence-electron chi connectivity index (χ4n) is 2.16. The SMILES string of the molecule is Cc1ccc(C)n1[C@H](CC(=O)O)c1ccsc1. The zero-order valence-electron chi connectivity index (χ0n) is 9.88. The molecule has 0 amide bonds. The van der Waals surface area contributed by atoms with Gasteiger partial charge in [0.2, 0.25) is 0 Å². The average Bonchev–Trinajstić information content (AvgIpc) is 2.86. The van der Waals surface area contributed by atoms with Crippen molar-refractivity contribution in [2.75, 3.05) is 0 Å².